The predicted molar refractivity (Wildman–Crippen MR) is 176 cm³/mol. The van der Waals surface area contributed by atoms with Gasteiger partial charge in [-0.05, 0) is 30.3 Å². The van der Waals surface area contributed by atoms with Crippen molar-refractivity contribution < 1.29 is 4.42 Å². The van der Waals surface area contributed by atoms with Crippen molar-refractivity contribution in [2.75, 3.05) is 0 Å². The second-order valence-electron chi connectivity index (χ2n) is 10.8. The first-order valence-corrected chi connectivity index (χ1v) is 14.4. The van der Waals surface area contributed by atoms with Crippen LogP contribution in [-0.4, -0.2) is 15.0 Å². The smallest absolute Gasteiger partial charge is 0.160 e. The van der Waals surface area contributed by atoms with Gasteiger partial charge >= 0.3 is 0 Å². The van der Waals surface area contributed by atoms with E-state index in [0.29, 0.717) is 5.82 Å². The van der Waals surface area contributed by atoms with Crippen LogP contribution in [-0.2, 0) is 0 Å². The standard InChI is InChI=1S/C39H23N3O/c1-2-11-24(12-3-1)39-41-33-19-8-5-17-30(33)36(42-39)25-13-10-14-26(23-25)37-31-22-21-28-27-15-6-9-20-34(27)43-38(28)35(31)29-16-4-7-18-32(29)40-37/h1-23H. The summed E-state index contributed by atoms with van der Waals surface area (Å²) in [5.41, 5.74) is 8.47. The summed E-state index contributed by atoms with van der Waals surface area (Å²) in [6.07, 6.45) is 0. The molecule has 0 saturated carbocycles. The Labute approximate surface area is 246 Å². The lowest BCUT2D eigenvalue weighted by molar-refractivity contribution is 0.673. The van der Waals surface area contributed by atoms with Gasteiger partial charge in [0, 0.05) is 49.0 Å². The van der Waals surface area contributed by atoms with Gasteiger partial charge in [-0.25, -0.2) is 15.0 Å². The fourth-order valence-electron chi connectivity index (χ4n) is 6.26. The van der Waals surface area contributed by atoms with Crippen LogP contribution in [0.5, 0.6) is 0 Å². The number of aromatic nitrogens is 3. The highest BCUT2D eigenvalue weighted by Crippen LogP contribution is 2.41. The number of rotatable bonds is 3. The van der Waals surface area contributed by atoms with Crippen molar-refractivity contribution in [1.82, 2.24) is 15.0 Å². The fourth-order valence-corrected chi connectivity index (χ4v) is 6.26. The first kappa shape index (κ1) is 23.8. The Hall–Kier alpha value is -5.87. The molecule has 200 valence electrons. The van der Waals surface area contributed by atoms with Crippen molar-refractivity contribution in [3.63, 3.8) is 0 Å². The molecule has 0 amide bonds. The maximum Gasteiger partial charge on any atom is 0.160 e. The SMILES string of the molecule is c1ccc(-c2nc(-c3cccc(-c4nc5ccccc5c5c4ccc4c6ccccc6oc45)c3)c3ccccc3n2)cc1. The zero-order valence-corrected chi connectivity index (χ0v) is 23.0. The minimum absolute atomic E-state index is 0.710. The van der Waals surface area contributed by atoms with Crippen LogP contribution in [0, 0.1) is 0 Å². The van der Waals surface area contributed by atoms with E-state index in [2.05, 4.69) is 72.8 Å². The number of furan rings is 1. The Morgan fingerprint density at radius 1 is 0.395 bits per heavy atom. The second kappa shape index (κ2) is 9.33. The molecule has 0 aliphatic carbocycles. The van der Waals surface area contributed by atoms with E-state index in [-0.39, 0.29) is 0 Å². The normalized spacial score (nSPS) is 11.7. The monoisotopic (exact) mass is 549 g/mol. The highest BCUT2D eigenvalue weighted by Gasteiger charge is 2.18. The maximum absolute atomic E-state index is 6.52. The number of pyridine rings is 1. The predicted octanol–water partition coefficient (Wildman–Crippen LogP) is 10.2. The van der Waals surface area contributed by atoms with E-state index in [1.54, 1.807) is 0 Å². The van der Waals surface area contributed by atoms with Gasteiger partial charge in [0.15, 0.2) is 5.82 Å². The minimum atomic E-state index is 0.710. The van der Waals surface area contributed by atoms with Gasteiger partial charge in [-0.2, -0.15) is 0 Å². The summed E-state index contributed by atoms with van der Waals surface area (Å²) in [6, 6.07) is 47.8. The van der Waals surface area contributed by atoms with Gasteiger partial charge in [-0.3, -0.25) is 0 Å². The van der Waals surface area contributed by atoms with Crippen molar-refractivity contribution in [1.29, 1.82) is 0 Å². The number of nitrogens with zero attached hydrogens (tertiary/aromatic N) is 3. The number of fused-ring (bicyclic) bond motifs is 8. The molecule has 0 N–H and O–H groups in total. The van der Waals surface area contributed by atoms with E-state index in [1.165, 1.54) is 0 Å². The third-order valence-corrected chi connectivity index (χ3v) is 8.25. The van der Waals surface area contributed by atoms with E-state index in [9.17, 15) is 0 Å². The molecule has 3 heterocycles. The van der Waals surface area contributed by atoms with Crippen LogP contribution in [0.25, 0.3) is 88.4 Å². The van der Waals surface area contributed by atoms with E-state index < -0.39 is 0 Å². The van der Waals surface area contributed by atoms with Crippen molar-refractivity contribution in [2.45, 2.75) is 0 Å². The highest BCUT2D eigenvalue weighted by atomic mass is 16.3. The maximum atomic E-state index is 6.52. The third-order valence-electron chi connectivity index (χ3n) is 8.25. The molecule has 0 saturated heterocycles. The number of hydrogen-bond acceptors (Lipinski definition) is 4. The van der Waals surface area contributed by atoms with Gasteiger partial charge in [0.25, 0.3) is 0 Å². The third kappa shape index (κ3) is 3.74. The molecule has 0 aliphatic rings. The molecule has 0 fully saturated rings. The Morgan fingerprint density at radius 3 is 1.81 bits per heavy atom. The summed E-state index contributed by atoms with van der Waals surface area (Å²) >= 11 is 0. The van der Waals surface area contributed by atoms with Crippen molar-refractivity contribution in [3.8, 4) is 33.9 Å². The van der Waals surface area contributed by atoms with Crippen LogP contribution in [0.3, 0.4) is 0 Å². The Balaban J connectivity index is 1.31. The molecule has 0 unspecified atom stereocenters. The topological polar surface area (TPSA) is 51.8 Å². The Kier molecular flexibility index (Phi) is 5.16. The molecule has 0 spiro atoms. The first-order chi connectivity index (χ1) is 21.3. The molecular formula is C39H23N3O. The van der Waals surface area contributed by atoms with Gasteiger partial charge in [-0.15, -0.1) is 0 Å². The van der Waals surface area contributed by atoms with Gasteiger partial charge in [0.2, 0.25) is 0 Å². The van der Waals surface area contributed by atoms with E-state index >= 15 is 0 Å². The van der Waals surface area contributed by atoms with E-state index in [0.717, 1.165) is 82.6 Å². The van der Waals surface area contributed by atoms with Crippen molar-refractivity contribution in [2.24, 2.45) is 0 Å². The van der Waals surface area contributed by atoms with E-state index in [1.807, 2.05) is 66.7 Å². The highest BCUT2D eigenvalue weighted by molar-refractivity contribution is 6.24. The average molecular weight is 550 g/mol. The molecule has 0 bridgehead atoms. The molecule has 9 aromatic rings. The fraction of sp³-hybridized carbons (Fsp3) is 0. The molecule has 4 heteroatoms. The number of benzene rings is 6. The summed E-state index contributed by atoms with van der Waals surface area (Å²) < 4.78 is 6.52. The Morgan fingerprint density at radius 2 is 1.00 bits per heavy atom. The lowest BCUT2D eigenvalue weighted by Gasteiger charge is -2.13. The van der Waals surface area contributed by atoms with Gasteiger partial charge in [0.1, 0.15) is 11.2 Å². The van der Waals surface area contributed by atoms with Gasteiger partial charge in [0.05, 0.1) is 22.4 Å². The van der Waals surface area contributed by atoms with Crippen LogP contribution < -0.4 is 0 Å². The molecule has 3 aromatic heterocycles. The van der Waals surface area contributed by atoms with Crippen LogP contribution in [0.4, 0.5) is 0 Å². The van der Waals surface area contributed by atoms with Crippen molar-refractivity contribution in [3.05, 3.63) is 140 Å². The summed E-state index contributed by atoms with van der Waals surface area (Å²) in [5, 5.41) is 6.46. The largest absolute Gasteiger partial charge is 0.455 e. The molecular weight excluding hydrogens is 526 g/mol. The molecule has 43 heavy (non-hydrogen) atoms. The Bertz CT molecular complexity index is 2510. The van der Waals surface area contributed by atoms with Crippen LogP contribution >= 0.6 is 0 Å². The number of hydrogen-bond donors (Lipinski definition) is 0. The molecule has 6 aromatic carbocycles. The van der Waals surface area contributed by atoms with Crippen LogP contribution in [0.15, 0.2) is 144 Å². The summed E-state index contributed by atoms with van der Waals surface area (Å²) in [6.45, 7) is 0. The summed E-state index contributed by atoms with van der Waals surface area (Å²) in [5.74, 6) is 0.710. The molecule has 0 atom stereocenters. The lowest BCUT2D eigenvalue weighted by atomic mass is 9.96. The summed E-state index contributed by atoms with van der Waals surface area (Å²) in [4.78, 5) is 15.2. The zero-order valence-electron chi connectivity index (χ0n) is 23.0. The molecule has 4 nitrogen and oxygen atoms in total. The molecule has 0 aliphatic heterocycles. The van der Waals surface area contributed by atoms with Crippen LogP contribution in [0.1, 0.15) is 0 Å². The van der Waals surface area contributed by atoms with Crippen LogP contribution in [0.2, 0.25) is 0 Å². The first-order valence-electron chi connectivity index (χ1n) is 14.4. The quantitative estimate of drug-likeness (QED) is 0.206. The van der Waals surface area contributed by atoms with Gasteiger partial charge in [-0.1, -0.05) is 109 Å². The average Bonchev–Trinajstić information content (AvgIpc) is 3.47. The minimum Gasteiger partial charge on any atom is -0.455 e. The number of para-hydroxylation sites is 3. The second-order valence-corrected chi connectivity index (χ2v) is 10.8. The molecule has 9 rings (SSSR count). The molecule has 0 radical (unpaired) electrons. The van der Waals surface area contributed by atoms with Crippen molar-refractivity contribution >= 4 is 54.5 Å². The zero-order chi connectivity index (χ0) is 28.3. The van der Waals surface area contributed by atoms with E-state index in [4.69, 9.17) is 19.4 Å². The van der Waals surface area contributed by atoms with Gasteiger partial charge < -0.3 is 4.42 Å². The summed E-state index contributed by atoms with van der Waals surface area (Å²) in [7, 11) is 0. The lowest BCUT2D eigenvalue weighted by Crippen LogP contribution is -1.96.